The van der Waals surface area contributed by atoms with Crippen LogP contribution in [0.1, 0.15) is 26.7 Å². The van der Waals surface area contributed by atoms with E-state index in [0.717, 1.165) is 25.9 Å². The van der Waals surface area contributed by atoms with E-state index in [1.54, 1.807) is 0 Å². The normalized spacial score (nSPS) is 17.8. The van der Waals surface area contributed by atoms with Crippen LogP contribution in [0.15, 0.2) is 0 Å². The lowest BCUT2D eigenvalue weighted by molar-refractivity contribution is -0.125. The van der Waals surface area contributed by atoms with Gasteiger partial charge in [-0.25, -0.2) is 0 Å². The molecule has 0 spiro atoms. The van der Waals surface area contributed by atoms with Crippen molar-refractivity contribution in [1.29, 1.82) is 0 Å². The van der Waals surface area contributed by atoms with Crippen LogP contribution >= 0.6 is 12.4 Å². The van der Waals surface area contributed by atoms with E-state index in [4.69, 9.17) is 0 Å². The van der Waals surface area contributed by atoms with Crippen LogP contribution in [0.5, 0.6) is 0 Å². The molecule has 1 heterocycles. The van der Waals surface area contributed by atoms with Crippen LogP contribution in [0.4, 0.5) is 0 Å². The lowest BCUT2D eigenvalue weighted by Crippen LogP contribution is -2.45. The lowest BCUT2D eigenvalue weighted by Gasteiger charge is -2.34. The summed E-state index contributed by atoms with van der Waals surface area (Å²) in [7, 11) is 0. The number of rotatable bonds is 4. The van der Waals surface area contributed by atoms with Gasteiger partial charge < -0.3 is 16.0 Å². The topological polar surface area (TPSA) is 70.2 Å². The fraction of sp³-hybridized carbons (Fsp3) is 0.818. The van der Waals surface area contributed by atoms with Crippen LogP contribution in [-0.2, 0) is 9.59 Å². The Labute approximate surface area is 109 Å². The van der Waals surface area contributed by atoms with E-state index < -0.39 is 0 Å². The van der Waals surface area contributed by atoms with E-state index >= 15 is 0 Å². The molecule has 1 fully saturated rings. The lowest BCUT2D eigenvalue weighted by atomic mass is 9.81. The zero-order chi connectivity index (χ0) is 12.0. The SMILES string of the molecule is CC(=O)NCC(=O)NCC1(C)CCNCC1.Cl. The molecule has 0 aromatic heterocycles. The number of amides is 2. The molecule has 5 nitrogen and oxygen atoms in total. The van der Waals surface area contributed by atoms with Gasteiger partial charge in [0.25, 0.3) is 0 Å². The standard InChI is InChI=1S/C11H21N3O2.ClH/c1-9(15)13-7-10(16)14-8-11(2)3-5-12-6-4-11;/h12H,3-8H2,1-2H3,(H,13,15)(H,14,16);1H. The van der Waals surface area contributed by atoms with Gasteiger partial charge in [-0.2, -0.15) is 0 Å². The highest BCUT2D eigenvalue weighted by atomic mass is 35.5. The average molecular weight is 264 g/mol. The van der Waals surface area contributed by atoms with E-state index in [1.807, 2.05) is 0 Å². The maximum Gasteiger partial charge on any atom is 0.239 e. The molecular weight excluding hydrogens is 242 g/mol. The quantitative estimate of drug-likeness (QED) is 0.671. The Bertz CT molecular complexity index is 265. The van der Waals surface area contributed by atoms with Gasteiger partial charge in [0.1, 0.15) is 0 Å². The Balaban J connectivity index is 0.00000256. The van der Waals surface area contributed by atoms with Gasteiger partial charge in [0.05, 0.1) is 6.54 Å². The third-order valence-corrected chi connectivity index (χ3v) is 3.02. The Morgan fingerprint density at radius 2 is 1.82 bits per heavy atom. The zero-order valence-corrected chi connectivity index (χ0v) is 11.3. The number of carbonyl (C=O) groups excluding carboxylic acids is 2. The van der Waals surface area contributed by atoms with Gasteiger partial charge in [-0.1, -0.05) is 6.92 Å². The minimum atomic E-state index is -0.178. The van der Waals surface area contributed by atoms with Crippen molar-refractivity contribution in [3.8, 4) is 0 Å². The third kappa shape index (κ3) is 6.48. The summed E-state index contributed by atoms with van der Waals surface area (Å²) in [5.74, 6) is -0.293. The van der Waals surface area contributed by atoms with Crippen molar-refractivity contribution in [1.82, 2.24) is 16.0 Å². The highest BCUT2D eigenvalue weighted by molar-refractivity contribution is 5.85. The average Bonchev–Trinajstić information content (AvgIpc) is 2.25. The Hall–Kier alpha value is -0.810. The van der Waals surface area contributed by atoms with Crippen molar-refractivity contribution in [2.24, 2.45) is 5.41 Å². The van der Waals surface area contributed by atoms with Gasteiger partial charge in [0.2, 0.25) is 11.8 Å². The fourth-order valence-corrected chi connectivity index (χ4v) is 1.79. The Morgan fingerprint density at radius 3 is 2.35 bits per heavy atom. The molecule has 0 aromatic rings. The van der Waals surface area contributed by atoms with Crippen LogP contribution in [0.3, 0.4) is 0 Å². The molecule has 1 aliphatic rings. The molecule has 1 aliphatic heterocycles. The number of nitrogens with one attached hydrogen (secondary N) is 3. The molecule has 0 saturated carbocycles. The first kappa shape index (κ1) is 16.2. The maximum absolute atomic E-state index is 11.4. The van der Waals surface area contributed by atoms with Crippen LogP contribution in [0.25, 0.3) is 0 Å². The Kier molecular flexibility index (Phi) is 7.15. The van der Waals surface area contributed by atoms with Crippen molar-refractivity contribution in [2.75, 3.05) is 26.2 Å². The van der Waals surface area contributed by atoms with Crippen molar-refractivity contribution in [2.45, 2.75) is 26.7 Å². The summed E-state index contributed by atoms with van der Waals surface area (Å²) >= 11 is 0. The predicted molar refractivity (Wildman–Crippen MR) is 69.2 cm³/mol. The molecule has 1 rings (SSSR count). The molecule has 0 aliphatic carbocycles. The highest BCUT2D eigenvalue weighted by Crippen LogP contribution is 2.26. The first-order valence-corrected chi connectivity index (χ1v) is 5.74. The number of piperidine rings is 1. The summed E-state index contributed by atoms with van der Waals surface area (Å²) < 4.78 is 0. The van der Waals surface area contributed by atoms with E-state index in [2.05, 4.69) is 22.9 Å². The van der Waals surface area contributed by atoms with E-state index in [0.29, 0.717) is 6.54 Å². The molecule has 6 heteroatoms. The molecule has 0 unspecified atom stereocenters. The molecule has 17 heavy (non-hydrogen) atoms. The molecule has 2 amide bonds. The van der Waals surface area contributed by atoms with E-state index in [1.165, 1.54) is 6.92 Å². The second-order valence-electron chi connectivity index (χ2n) is 4.75. The van der Waals surface area contributed by atoms with Crippen molar-refractivity contribution >= 4 is 24.2 Å². The summed E-state index contributed by atoms with van der Waals surface area (Å²) in [6.45, 7) is 6.38. The second kappa shape index (κ2) is 7.50. The molecule has 1 saturated heterocycles. The first-order chi connectivity index (χ1) is 7.52. The summed E-state index contributed by atoms with van der Waals surface area (Å²) in [4.78, 5) is 22.0. The molecule has 0 aromatic carbocycles. The van der Waals surface area contributed by atoms with Gasteiger partial charge in [-0.3, -0.25) is 9.59 Å². The van der Waals surface area contributed by atoms with Crippen LogP contribution in [-0.4, -0.2) is 38.0 Å². The molecule has 0 atom stereocenters. The molecule has 100 valence electrons. The van der Waals surface area contributed by atoms with Gasteiger partial charge >= 0.3 is 0 Å². The first-order valence-electron chi connectivity index (χ1n) is 5.74. The number of hydrogen-bond acceptors (Lipinski definition) is 3. The maximum atomic E-state index is 11.4. The van der Waals surface area contributed by atoms with Gasteiger partial charge in [0, 0.05) is 13.5 Å². The number of halogens is 1. The monoisotopic (exact) mass is 263 g/mol. The van der Waals surface area contributed by atoms with Crippen molar-refractivity contribution in [3.63, 3.8) is 0 Å². The van der Waals surface area contributed by atoms with E-state index in [9.17, 15) is 9.59 Å². The van der Waals surface area contributed by atoms with Gasteiger partial charge in [0.15, 0.2) is 0 Å². The highest BCUT2D eigenvalue weighted by Gasteiger charge is 2.26. The van der Waals surface area contributed by atoms with Gasteiger partial charge in [-0.05, 0) is 31.3 Å². The second-order valence-corrected chi connectivity index (χ2v) is 4.75. The minimum absolute atomic E-state index is 0. The molecule has 0 bridgehead atoms. The molecule has 0 radical (unpaired) electrons. The molecular formula is C11H22ClN3O2. The number of hydrogen-bond donors (Lipinski definition) is 3. The smallest absolute Gasteiger partial charge is 0.239 e. The van der Waals surface area contributed by atoms with Crippen molar-refractivity contribution in [3.05, 3.63) is 0 Å². The predicted octanol–water partition coefficient (Wildman–Crippen LogP) is 0.0502. The van der Waals surface area contributed by atoms with Crippen LogP contribution in [0.2, 0.25) is 0 Å². The van der Waals surface area contributed by atoms with Gasteiger partial charge in [-0.15, -0.1) is 12.4 Å². The number of carbonyl (C=O) groups is 2. The summed E-state index contributed by atoms with van der Waals surface area (Å²) in [6.07, 6.45) is 2.15. The molecule has 3 N–H and O–H groups in total. The largest absolute Gasteiger partial charge is 0.354 e. The summed E-state index contributed by atoms with van der Waals surface area (Å²) in [6, 6.07) is 0. The van der Waals surface area contributed by atoms with E-state index in [-0.39, 0.29) is 36.2 Å². The van der Waals surface area contributed by atoms with Crippen molar-refractivity contribution < 1.29 is 9.59 Å². The minimum Gasteiger partial charge on any atom is -0.354 e. The Morgan fingerprint density at radius 1 is 1.24 bits per heavy atom. The van der Waals surface area contributed by atoms with Crippen LogP contribution < -0.4 is 16.0 Å². The fourth-order valence-electron chi connectivity index (χ4n) is 1.79. The third-order valence-electron chi connectivity index (χ3n) is 3.02. The summed E-state index contributed by atoms with van der Waals surface area (Å²) in [5.41, 5.74) is 0.192. The zero-order valence-electron chi connectivity index (χ0n) is 10.5. The van der Waals surface area contributed by atoms with Crippen LogP contribution in [0, 0.1) is 5.41 Å². The summed E-state index contributed by atoms with van der Waals surface area (Å²) in [5, 5.41) is 8.65.